The van der Waals surface area contributed by atoms with Crippen LogP contribution in [-0.4, -0.2) is 88.3 Å². The van der Waals surface area contributed by atoms with Gasteiger partial charge in [0.05, 0.1) is 17.4 Å². The molecule has 7 rings (SSSR count). The number of nitrogens with zero attached hydrogens (tertiary/aromatic N) is 6. The second kappa shape index (κ2) is 13.3. The Labute approximate surface area is 285 Å². The zero-order valence-electron chi connectivity index (χ0n) is 27.0. The fourth-order valence-corrected chi connectivity index (χ4v) is 7.73. The number of nitrogens with one attached hydrogen (secondary N) is 2. The molecule has 3 aliphatic heterocycles. The number of aromatic nitrogens is 3. The monoisotopic (exact) mass is 718 g/mol. The molecule has 0 bridgehead atoms. The summed E-state index contributed by atoms with van der Waals surface area (Å²) in [4.78, 5) is 56.1. The number of oxazole rings is 1. The van der Waals surface area contributed by atoms with Crippen molar-refractivity contribution < 1.29 is 14.0 Å². The lowest BCUT2D eigenvalue weighted by Crippen LogP contribution is -2.46. The summed E-state index contributed by atoms with van der Waals surface area (Å²) < 4.78 is 8.73. The number of carbonyl (C=O) groups excluding carboxylic acids is 2. The summed E-state index contributed by atoms with van der Waals surface area (Å²) in [6.07, 6.45) is 3.13. The molecule has 0 spiro atoms. The van der Waals surface area contributed by atoms with E-state index in [0.717, 1.165) is 63.6 Å². The number of hydrogen-bond acceptors (Lipinski definition) is 10. The Balaban J connectivity index is 0.946. The van der Waals surface area contributed by atoms with Crippen molar-refractivity contribution in [2.45, 2.75) is 43.8 Å². The SMILES string of the molecule is CN1CC(Nc2cnn(C)c(=O)c2Br)CC(c2ccc(CN3CCN(c4ccc5c(c4)oc(=O)n5C4CCC(=O)NC4=O)CC3)cc2)C1. The van der Waals surface area contributed by atoms with Crippen LogP contribution >= 0.6 is 15.9 Å². The van der Waals surface area contributed by atoms with E-state index >= 15 is 0 Å². The molecule has 3 atom stereocenters. The van der Waals surface area contributed by atoms with Gasteiger partial charge in [-0.1, -0.05) is 24.3 Å². The zero-order chi connectivity index (χ0) is 33.5. The first-order valence-electron chi connectivity index (χ1n) is 16.3. The summed E-state index contributed by atoms with van der Waals surface area (Å²) in [6, 6.07) is 14.1. The number of likely N-dealkylation sites (tertiary alicyclic amines) is 1. The lowest BCUT2D eigenvalue weighted by Gasteiger charge is -2.37. The van der Waals surface area contributed by atoms with Gasteiger partial charge < -0.3 is 19.5 Å². The molecule has 3 aliphatic rings. The van der Waals surface area contributed by atoms with Crippen LogP contribution in [0.4, 0.5) is 11.4 Å². The van der Waals surface area contributed by atoms with Gasteiger partial charge in [-0.05, 0) is 65.0 Å². The van der Waals surface area contributed by atoms with Gasteiger partial charge >= 0.3 is 5.76 Å². The third-order valence-electron chi connectivity index (χ3n) is 9.78. The van der Waals surface area contributed by atoms with E-state index in [4.69, 9.17) is 4.42 Å². The largest absolute Gasteiger partial charge is 0.420 e. The summed E-state index contributed by atoms with van der Waals surface area (Å²) in [5, 5.41) is 10.0. The van der Waals surface area contributed by atoms with E-state index in [1.807, 2.05) is 18.2 Å². The number of halogens is 1. The van der Waals surface area contributed by atoms with Gasteiger partial charge in [0.2, 0.25) is 11.8 Å². The number of imide groups is 1. The van der Waals surface area contributed by atoms with Gasteiger partial charge in [-0.15, -0.1) is 0 Å². The van der Waals surface area contributed by atoms with Gasteiger partial charge in [-0.2, -0.15) is 5.10 Å². The van der Waals surface area contributed by atoms with Gasteiger partial charge in [0.1, 0.15) is 10.5 Å². The molecular formula is C34H39BrN8O5. The summed E-state index contributed by atoms with van der Waals surface area (Å²) in [7, 11) is 3.78. The Morgan fingerprint density at radius 2 is 1.77 bits per heavy atom. The highest BCUT2D eigenvalue weighted by atomic mass is 79.9. The molecule has 13 nitrogen and oxygen atoms in total. The maximum Gasteiger partial charge on any atom is 0.420 e. The maximum atomic E-state index is 12.7. The summed E-state index contributed by atoms with van der Waals surface area (Å²) in [6.45, 7) is 6.21. The molecule has 2 amide bonds. The van der Waals surface area contributed by atoms with Crippen molar-refractivity contribution >= 4 is 50.2 Å². The van der Waals surface area contributed by atoms with Crippen molar-refractivity contribution in [2.24, 2.45) is 7.05 Å². The highest BCUT2D eigenvalue weighted by Gasteiger charge is 2.32. The van der Waals surface area contributed by atoms with Crippen LogP contribution in [0, 0.1) is 0 Å². The molecule has 252 valence electrons. The van der Waals surface area contributed by atoms with Gasteiger partial charge in [0.25, 0.3) is 5.56 Å². The van der Waals surface area contributed by atoms with Gasteiger partial charge in [0, 0.05) is 77.1 Å². The number of anilines is 2. The summed E-state index contributed by atoms with van der Waals surface area (Å²) in [5.41, 5.74) is 5.12. The molecular weight excluding hydrogens is 680 g/mol. The molecule has 0 aliphatic carbocycles. The number of fused-ring (bicyclic) bond motifs is 1. The Hall–Kier alpha value is -4.27. The highest BCUT2D eigenvalue weighted by Crippen LogP contribution is 2.30. The van der Waals surface area contributed by atoms with E-state index in [-0.39, 0.29) is 30.3 Å². The molecule has 3 saturated heterocycles. The minimum Gasteiger partial charge on any atom is -0.408 e. The van der Waals surface area contributed by atoms with Crippen molar-refractivity contribution in [2.75, 3.05) is 56.5 Å². The number of likely N-dealkylation sites (N-methyl/N-ethyl adjacent to an activating group) is 1. The van der Waals surface area contributed by atoms with E-state index < -0.39 is 17.7 Å². The molecule has 3 fully saturated rings. The molecule has 48 heavy (non-hydrogen) atoms. The number of benzene rings is 2. The van der Waals surface area contributed by atoms with Crippen LogP contribution in [-0.2, 0) is 23.2 Å². The number of carbonyl (C=O) groups is 2. The first-order valence-corrected chi connectivity index (χ1v) is 17.1. The van der Waals surface area contributed by atoms with Crippen molar-refractivity contribution in [1.82, 2.24) is 29.5 Å². The Morgan fingerprint density at radius 3 is 2.52 bits per heavy atom. The van der Waals surface area contributed by atoms with Crippen molar-refractivity contribution in [3.8, 4) is 0 Å². The quantitative estimate of drug-likeness (QED) is 0.275. The first-order chi connectivity index (χ1) is 23.1. The second-order valence-electron chi connectivity index (χ2n) is 13.2. The number of amides is 2. The Morgan fingerprint density at radius 1 is 1.00 bits per heavy atom. The lowest BCUT2D eigenvalue weighted by molar-refractivity contribution is -0.135. The smallest absolute Gasteiger partial charge is 0.408 e. The van der Waals surface area contributed by atoms with Crippen LogP contribution in [0.25, 0.3) is 11.1 Å². The molecule has 3 unspecified atom stereocenters. The van der Waals surface area contributed by atoms with Crippen LogP contribution in [0.2, 0.25) is 0 Å². The van der Waals surface area contributed by atoms with Gasteiger partial charge in [-0.25, -0.2) is 9.48 Å². The number of rotatable bonds is 7. The maximum absolute atomic E-state index is 12.7. The third-order valence-corrected chi connectivity index (χ3v) is 10.6. The summed E-state index contributed by atoms with van der Waals surface area (Å²) >= 11 is 3.43. The Kier molecular flexibility index (Phi) is 8.96. The third kappa shape index (κ3) is 6.56. The zero-order valence-corrected chi connectivity index (χ0v) is 28.6. The molecule has 0 saturated carbocycles. The predicted octanol–water partition coefficient (Wildman–Crippen LogP) is 2.65. The van der Waals surface area contributed by atoms with Crippen LogP contribution in [0.1, 0.15) is 42.3 Å². The van der Waals surface area contributed by atoms with Gasteiger partial charge in [-0.3, -0.25) is 29.2 Å². The van der Waals surface area contributed by atoms with Crippen molar-refractivity contribution in [3.05, 3.63) is 85.2 Å². The molecule has 0 radical (unpaired) electrons. The van der Waals surface area contributed by atoms with E-state index in [2.05, 4.69) is 77.7 Å². The van der Waals surface area contributed by atoms with E-state index in [1.165, 1.54) is 20.4 Å². The van der Waals surface area contributed by atoms with E-state index in [9.17, 15) is 19.2 Å². The highest BCUT2D eigenvalue weighted by molar-refractivity contribution is 9.10. The minimum absolute atomic E-state index is 0.159. The average Bonchev–Trinajstić information content (AvgIpc) is 3.40. The molecule has 2 N–H and O–H groups in total. The topological polar surface area (TPSA) is 138 Å². The number of piperazine rings is 1. The van der Waals surface area contributed by atoms with Crippen LogP contribution in [0.15, 0.2) is 67.1 Å². The normalized spacial score (nSPS) is 22.6. The fraction of sp³-hybridized carbons (Fsp3) is 0.441. The number of piperidine rings is 2. The van der Waals surface area contributed by atoms with Crippen LogP contribution in [0.3, 0.4) is 0 Å². The number of hydrogen-bond donors (Lipinski definition) is 2. The van der Waals surface area contributed by atoms with Crippen molar-refractivity contribution in [3.63, 3.8) is 0 Å². The molecule has 2 aromatic carbocycles. The molecule has 14 heteroatoms. The van der Waals surface area contributed by atoms with Crippen molar-refractivity contribution in [1.29, 1.82) is 0 Å². The molecule has 2 aromatic heterocycles. The fourth-order valence-electron chi connectivity index (χ4n) is 7.26. The van der Waals surface area contributed by atoms with E-state index in [1.54, 1.807) is 13.2 Å². The first kappa shape index (κ1) is 32.3. The minimum atomic E-state index is -0.754. The van der Waals surface area contributed by atoms with Crippen LogP contribution in [0.5, 0.6) is 0 Å². The molecule has 4 aromatic rings. The summed E-state index contributed by atoms with van der Waals surface area (Å²) in [5.74, 6) is -1.01. The second-order valence-corrected chi connectivity index (χ2v) is 14.0. The average molecular weight is 720 g/mol. The predicted molar refractivity (Wildman–Crippen MR) is 185 cm³/mol. The Bertz CT molecular complexity index is 1960. The van der Waals surface area contributed by atoms with Gasteiger partial charge in [0.15, 0.2) is 5.58 Å². The van der Waals surface area contributed by atoms with Crippen LogP contribution < -0.4 is 26.8 Å². The van der Waals surface area contributed by atoms with E-state index in [0.29, 0.717) is 21.5 Å². The standard InChI is InChI=1S/C34H39BrN8O5/c1-39-19-23(15-24(20-39)37-26-17-36-40(2)33(46)31(26)35)22-5-3-21(4-6-22)18-41-11-13-42(14-12-41)25-7-8-27-29(16-25)48-34(47)43(27)28-9-10-30(44)38-32(28)45/h3-8,16-17,23-24,28,37H,9-15,18-20H2,1-2H3,(H,38,44,45). The number of aryl methyl sites for hydroxylation is 1. The lowest BCUT2D eigenvalue weighted by atomic mass is 9.87. The molecule has 5 heterocycles.